The van der Waals surface area contributed by atoms with Gasteiger partial charge in [-0.2, -0.15) is 0 Å². The Morgan fingerprint density at radius 2 is 1.71 bits per heavy atom. The molecular formula is C16H14O. The first-order valence-corrected chi connectivity index (χ1v) is 5.79. The molecule has 0 fully saturated rings. The van der Waals surface area contributed by atoms with Crippen LogP contribution in [0.5, 0.6) is 5.75 Å². The van der Waals surface area contributed by atoms with E-state index in [1.165, 1.54) is 16.7 Å². The lowest BCUT2D eigenvalue weighted by Crippen LogP contribution is -1.95. The first-order chi connectivity index (χ1) is 8.38. The molecule has 1 atom stereocenters. The summed E-state index contributed by atoms with van der Waals surface area (Å²) in [4.78, 5) is 0. The molecule has 3 rings (SSSR count). The second-order valence-corrected chi connectivity index (χ2v) is 4.24. The van der Waals surface area contributed by atoms with Crippen molar-refractivity contribution in [3.05, 3.63) is 71.3 Å². The number of methoxy groups -OCH3 is 1. The molecule has 0 saturated heterocycles. The maximum atomic E-state index is 5.18. The highest BCUT2D eigenvalue weighted by atomic mass is 16.5. The fourth-order valence-electron chi connectivity index (χ4n) is 2.35. The lowest BCUT2D eigenvalue weighted by molar-refractivity contribution is 0.414. The van der Waals surface area contributed by atoms with Gasteiger partial charge < -0.3 is 4.74 Å². The normalized spacial score (nSPS) is 16.9. The Kier molecular flexibility index (Phi) is 2.45. The SMILES string of the molecule is COc1ccc(C2C=Cc3ccccc32)cc1. The minimum Gasteiger partial charge on any atom is -0.497 e. The summed E-state index contributed by atoms with van der Waals surface area (Å²) in [6, 6.07) is 16.8. The molecule has 0 amide bonds. The fourth-order valence-corrected chi connectivity index (χ4v) is 2.35. The molecule has 0 spiro atoms. The molecule has 0 saturated carbocycles. The number of hydrogen-bond donors (Lipinski definition) is 0. The summed E-state index contributed by atoms with van der Waals surface area (Å²) < 4.78 is 5.18. The largest absolute Gasteiger partial charge is 0.497 e. The minimum absolute atomic E-state index is 0.386. The summed E-state index contributed by atoms with van der Waals surface area (Å²) in [5.74, 6) is 1.29. The number of hydrogen-bond acceptors (Lipinski definition) is 1. The summed E-state index contributed by atoms with van der Waals surface area (Å²) >= 11 is 0. The summed E-state index contributed by atoms with van der Waals surface area (Å²) in [5.41, 5.74) is 4.03. The monoisotopic (exact) mass is 222 g/mol. The maximum absolute atomic E-state index is 5.18. The average molecular weight is 222 g/mol. The average Bonchev–Trinajstić information content (AvgIpc) is 2.83. The number of rotatable bonds is 2. The van der Waals surface area contributed by atoms with Crippen LogP contribution in [-0.4, -0.2) is 7.11 Å². The molecule has 0 N–H and O–H groups in total. The Morgan fingerprint density at radius 1 is 0.941 bits per heavy atom. The Morgan fingerprint density at radius 3 is 2.47 bits per heavy atom. The first-order valence-electron chi connectivity index (χ1n) is 5.79. The van der Waals surface area contributed by atoms with Gasteiger partial charge in [-0.15, -0.1) is 0 Å². The van der Waals surface area contributed by atoms with Crippen molar-refractivity contribution in [3.8, 4) is 5.75 Å². The summed E-state index contributed by atoms with van der Waals surface area (Å²) in [6.45, 7) is 0. The van der Waals surface area contributed by atoms with E-state index in [-0.39, 0.29) is 0 Å². The van der Waals surface area contributed by atoms with Crippen LogP contribution in [0.25, 0.3) is 6.08 Å². The number of allylic oxidation sites excluding steroid dienone is 1. The van der Waals surface area contributed by atoms with E-state index in [1.807, 2.05) is 12.1 Å². The van der Waals surface area contributed by atoms with Gasteiger partial charge in [0.05, 0.1) is 7.11 Å². The van der Waals surface area contributed by atoms with Crippen LogP contribution in [0.1, 0.15) is 22.6 Å². The van der Waals surface area contributed by atoms with Crippen LogP contribution >= 0.6 is 0 Å². The molecule has 2 aromatic rings. The highest BCUT2D eigenvalue weighted by Crippen LogP contribution is 2.35. The van der Waals surface area contributed by atoms with Crippen molar-refractivity contribution >= 4 is 6.08 Å². The summed E-state index contributed by atoms with van der Waals surface area (Å²) in [7, 11) is 1.69. The number of ether oxygens (including phenoxy) is 1. The molecule has 2 aromatic carbocycles. The van der Waals surface area contributed by atoms with E-state index in [2.05, 4.69) is 48.6 Å². The zero-order valence-electron chi connectivity index (χ0n) is 9.76. The van der Waals surface area contributed by atoms with Gasteiger partial charge in [0, 0.05) is 5.92 Å². The van der Waals surface area contributed by atoms with Gasteiger partial charge in [0.15, 0.2) is 0 Å². The molecule has 0 aromatic heterocycles. The summed E-state index contributed by atoms with van der Waals surface area (Å²) in [5, 5.41) is 0. The predicted molar refractivity (Wildman–Crippen MR) is 70.3 cm³/mol. The van der Waals surface area contributed by atoms with Gasteiger partial charge in [-0.05, 0) is 28.8 Å². The van der Waals surface area contributed by atoms with E-state index in [1.54, 1.807) is 7.11 Å². The number of benzene rings is 2. The molecule has 1 aliphatic carbocycles. The molecule has 0 radical (unpaired) electrons. The van der Waals surface area contributed by atoms with Gasteiger partial charge in [0.25, 0.3) is 0 Å². The predicted octanol–water partition coefficient (Wildman–Crippen LogP) is 3.85. The van der Waals surface area contributed by atoms with Crippen molar-refractivity contribution in [2.75, 3.05) is 7.11 Å². The number of fused-ring (bicyclic) bond motifs is 1. The van der Waals surface area contributed by atoms with Crippen molar-refractivity contribution in [2.45, 2.75) is 5.92 Å². The van der Waals surface area contributed by atoms with Crippen LogP contribution in [0.15, 0.2) is 54.6 Å². The van der Waals surface area contributed by atoms with E-state index in [9.17, 15) is 0 Å². The molecule has 1 nitrogen and oxygen atoms in total. The molecule has 0 heterocycles. The van der Waals surface area contributed by atoms with Gasteiger partial charge in [0.1, 0.15) is 5.75 Å². The van der Waals surface area contributed by atoms with Gasteiger partial charge in [0.2, 0.25) is 0 Å². The molecule has 0 aliphatic heterocycles. The second-order valence-electron chi connectivity index (χ2n) is 4.24. The van der Waals surface area contributed by atoms with E-state index in [4.69, 9.17) is 4.74 Å². The highest BCUT2D eigenvalue weighted by Gasteiger charge is 2.17. The fraction of sp³-hybridized carbons (Fsp3) is 0.125. The third-order valence-electron chi connectivity index (χ3n) is 3.27. The zero-order chi connectivity index (χ0) is 11.7. The Balaban J connectivity index is 1.98. The van der Waals surface area contributed by atoms with E-state index in [0.717, 1.165) is 5.75 Å². The molecule has 0 bridgehead atoms. The van der Waals surface area contributed by atoms with Crippen molar-refractivity contribution in [1.29, 1.82) is 0 Å². The molecule has 17 heavy (non-hydrogen) atoms. The van der Waals surface area contributed by atoms with Crippen LogP contribution in [0, 0.1) is 0 Å². The van der Waals surface area contributed by atoms with Gasteiger partial charge in [-0.25, -0.2) is 0 Å². The molecular weight excluding hydrogens is 208 g/mol. The Labute approximate surface area is 101 Å². The topological polar surface area (TPSA) is 9.23 Å². The van der Waals surface area contributed by atoms with Crippen LogP contribution in [0.2, 0.25) is 0 Å². The second kappa shape index (κ2) is 4.10. The van der Waals surface area contributed by atoms with E-state index < -0.39 is 0 Å². The quantitative estimate of drug-likeness (QED) is 0.749. The summed E-state index contributed by atoms with van der Waals surface area (Å²) in [6.07, 6.45) is 4.46. The van der Waals surface area contributed by atoms with Crippen LogP contribution in [-0.2, 0) is 0 Å². The van der Waals surface area contributed by atoms with E-state index >= 15 is 0 Å². The first kappa shape index (κ1) is 10.2. The van der Waals surface area contributed by atoms with Gasteiger partial charge in [-0.1, -0.05) is 48.6 Å². The van der Waals surface area contributed by atoms with Crippen molar-refractivity contribution in [3.63, 3.8) is 0 Å². The van der Waals surface area contributed by atoms with Gasteiger partial charge in [-0.3, -0.25) is 0 Å². The van der Waals surface area contributed by atoms with Crippen molar-refractivity contribution in [1.82, 2.24) is 0 Å². The van der Waals surface area contributed by atoms with Crippen LogP contribution in [0.3, 0.4) is 0 Å². The molecule has 1 aliphatic rings. The van der Waals surface area contributed by atoms with Crippen LogP contribution < -0.4 is 4.74 Å². The third-order valence-corrected chi connectivity index (χ3v) is 3.27. The van der Waals surface area contributed by atoms with Crippen molar-refractivity contribution < 1.29 is 4.74 Å². The standard InChI is InChI=1S/C16H14O/c1-17-14-9-6-13(7-10-14)16-11-8-12-4-2-3-5-15(12)16/h2-11,16H,1H3. The molecule has 84 valence electrons. The molecule has 1 heteroatoms. The lowest BCUT2D eigenvalue weighted by Gasteiger charge is -2.11. The minimum atomic E-state index is 0.386. The maximum Gasteiger partial charge on any atom is 0.118 e. The Bertz CT molecular complexity index is 552. The third kappa shape index (κ3) is 1.74. The van der Waals surface area contributed by atoms with Gasteiger partial charge >= 0.3 is 0 Å². The Hall–Kier alpha value is -2.02. The lowest BCUT2D eigenvalue weighted by atomic mass is 9.93. The zero-order valence-corrected chi connectivity index (χ0v) is 9.76. The molecule has 1 unspecified atom stereocenters. The smallest absolute Gasteiger partial charge is 0.118 e. The van der Waals surface area contributed by atoms with Crippen LogP contribution in [0.4, 0.5) is 0 Å². The highest BCUT2D eigenvalue weighted by molar-refractivity contribution is 5.65. The van der Waals surface area contributed by atoms with Crippen molar-refractivity contribution in [2.24, 2.45) is 0 Å². The van der Waals surface area contributed by atoms with E-state index in [0.29, 0.717) is 5.92 Å².